The fourth-order valence-corrected chi connectivity index (χ4v) is 3.80. The number of hydrogen-bond acceptors (Lipinski definition) is 4. The van der Waals surface area contributed by atoms with Crippen molar-refractivity contribution in [1.29, 1.82) is 0 Å². The smallest absolute Gasteiger partial charge is 0.298 e. The second-order valence-corrected chi connectivity index (χ2v) is 6.70. The van der Waals surface area contributed by atoms with Gasteiger partial charge in [0.1, 0.15) is 11.5 Å². The first kappa shape index (κ1) is 15.0. The molecule has 0 radical (unpaired) electrons. The van der Waals surface area contributed by atoms with E-state index in [2.05, 4.69) is 5.32 Å². The highest BCUT2D eigenvalue weighted by Gasteiger charge is 2.34. The lowest BCUT2D eigenvalue weighted by Gasteiger charge is -2.39. The molecule has 2 rings (SSSR count). The van der Waals surface area contributed by atoms with Gasteiger partial charge in [0.25, 0.3) is 5.69 Å². The van der Waals surface area contributed by atoms with Crippen molar-refractivity contribution >= 4 is 23.1 Å². The van der Waals surface area contributed by atoms with Gasteiger partial charge in [0.05, 0.1) is 11.0 Å². The summed E-state index contributed by atoms with van der Waals surface area (Å²) >= 11 is 1.72. The Hall–Kier alpha value is -1.37. The number of nitrogens with zero attached hydrogens (tertiary/aromatic N) is 1. The van der Waals surface area contributed by atoms with E-state index in [9.17, 15) is 18.9 Å². The third-order valence-corrected chi connectivity index (χ3v) is 4.73. The van der Waals surface area contributed by atoms with Crippen molar-refractivity contribution in [2.45, 2.75) is 26.3 Å². The number of thioether (sulfide) groups is 1. The average molecular weight is 302 g/mol. The lowest BCUT2D eigenvalue weighted by Crippen LogP contribution is -2.42. The molecule has 1 saturated heterocycles. The van der Waals surface area contributed by atoms with Gasteiger partial charge >= 0.3 is 0 Å². The minimum atomic E-state index is -0.947. The topological polar surface area (TPSA) is 55.2 Å². The van der Waals surface area contributed by atoms with Crippen LogP contribution in [0.1, 0.15) is 20.3 Å². The van der Waals surface area contributed by atoms with Gasteiger partial charge in [-0.2, -0.15) is 11.8 Å². The van der Waals surface area contributed by atoms with Crippen LogP contribution >= 0.6 is 11.8 Å². The van der Waals surface area contributed by atoms with E-state index in [0.29, 0.717) is 6.07 Å². The lowest BCUT2D eigenvalue weighted by molar-refractivity contribution is -0.384. The summed E-state index contributed by atoms with van der Waals surface area (Å²) in [6.45, 7) is 4.08. The van der Waals surface area contributed by atoms with Gasteiger partial charge in [0, 0.05) is 17.9 Å². The maximum atomic E-state index is 13.9. The van der Waals surface area contributed by atoms with Crippen LogP contribution in [0.2, 0.25) is 0 Å². The molecule has 1 unspecified atom stereocenters. The van der Waals surface area contributed by atoms with E-state index < -0.39 is 22.2 Å². The molecule has 0 amide bonds. The summed E-state index contributed by atoms with van der Waals surface area (Å²) in [5.74, 6) is -0.125. The SMILES string of the molecule is CC1(C)CCSCC1Nc1c(F)cc(F)cc1[N+](=O)[O-]. The second-order valence-electron chi connectivity index (χ2n) is 5.55. The minimum absolute atomic E-state index is 0.0973. The maximum Gasteiger partial charge on any atom is 0.298 e. The van der Waals surface area contributed by atoms with E-state index in [1.54, 1.807) is 11.8 Å². The monoisotopic (exact) mass is 302 g/mol. The Balaban J connectivity index is 2.35. The Morgan fingerprint density at radius 2 is 2.15 bits per heavy atom. The van der Waals surface area contributed by atoms with Gasteiger partial charge < -0.3 is 5.32 Å². The predicted molar refractivity (Wildman–Crippen MR) is 76.1 cm³/mol. The van der Waals surface area contributed by atoms with E-state index >= 15 is 0 Å². The molecule has 20 heavy (non-hydrogen) atoms. The van der Waals surface area contributed by atoms with Crippen molar-refractivity contribution in [2.24, 2.45) is 5.41 Å². The summed E-state index contributed by atoms with van der Waals surface area (Å²) in [4.78, 5) is 10.2. The Morgan fingerprint density at radius 1 is 1.45 bits per heavy atom. The maximum absolute atomic E-state index is 13.9. The number of halogens is 2. The molecule has 1 aliphatic heterocycles. The summed E-state index contributed by atoms with van der Waals surface area (Å²) < 4.78 is 27.0. The molecule has 1 aromatic rings. The van der Waals surface area contributed by atoms with Gasteiger partial charge in [-0.05, 0) is 17.6 Å². The zero-order valence-corrected chi connectivity index (χ0v) is 12.1. The van der Waals surface area contributed by atoms with Crippen molar-refractivity contribution < 1.29 is 13.7 Å². The van der Waals surface area contributed by atoms with Crippen LogP contribution in [0.5, 0.6) is 0 Å². The van der Waals surface area contributed by atoms with Gasteiger partial charge in [-0.25, -0.2) is 8.78 Å². The summed E-state index contributed by atoms with van der Waals surface area (Å²) in [5, 5.41) is 13.9. The summed E-state index contributed by atoms with van der Waals surface area (Å²) in [6.07, 6.45) is 0.936. The molecule has 1 fully saturated rings. The first-order valence-electron chi connectivity index (χ1n) is 6.29. The Morgan fingerprint density at radius 3 is 2.75 bits per heavy atom. The Bertz CT molecular complexity index is 537. The molecule has 1 aromatic carbocycles. The highest BCUT2D eigenvalue weighted by Crippen LogP contribution is 2.38. The molecular weight excluding hydrogens is 286 g/mol. The number of benzene rings is 1. The van der Waals surface area contributed by atoms with Crippen molar-refractivity contribution in [3.05, 3.63) is 33.9 Å². The fraction of sp³-hybridized carbons (Fsp3) is 0.538. The number of nitrogens with one attached hydrogen (secondary N) is 1. The third kappa shape index (κ3) is 3.03. The van der Waals surface area contributed by atoms with Crippen molar-refractivity contribution in [1.82, 2.24) is 0 Å². The van der Waals surface area contributed by atoms with E-state index in [0.717, 1.165) is 24.0 Å². The molecule has 1 heterocycles. The van der Waals surface area contributed by atoms with E-state index in [-0.39, 0.29) is 17.1 Å². The quantitative estimate of drug-likeness (QED) is 0.681. The van der Waals surface area contributed by atoms with Crippen LogP contribution in [0.25, 0.3) is 0 Å². The van der Waals surface area contributed by atoms with Crippen LogP contribution in [-0.2, 0) is 0 Å². The summed E-state index contributed by atoms with van der Waals surface area (Å²) in [7, 11) is 0. The number of rotatable bonds is 3. The van der Waals surface area contributed by atoms with Crippen molar-refractivity contribution in [2.75, 3.05) is 16.8 Å². The highest BCUT2D eigenvalue weighted by molar-refractivity contribution is 7.99. The number of anilines is 1. The molecule has 0 aromatic heterocycles. The number of nitro benzene ring substituents is 1. The largest absolute Gasteiger partial charge is 0.373 e. The molecule has 110 valence electrons. The van der Waals surface area contributed by atoms with Gasteiger partial charge in [-0.1, -0.05) is 13.8 Å². The zero-order valence-electron chi connectivity index (χ0n) is 11.3. The van der Waals surface area contributed by atoms with Crippen LogP contribution in [0.4, 0.5) is 20.2 Å². The molecule has 4 nitrogen and oxygen atoms in total. The number of hydrogen-bond donors (Lipinski definition) is 1. The molecule has 0 spiro atoms. The van der Waals surface area contributed by atoms with Gasteiger partial charge in [0.15, 0.2) is 5.82 Å². The lowest BCUT2D eigenvalue weighted by atomic mass is 9.82. The Labute approximate surface area is 120 Å². The normalized spacial score (nSPS) is 21.5. The van der Waals surface area contributed by atoms with Crippen LogP contribution < -0.4 is 5.32 Å². The summed E-state index contributed by atoms with van der Waals surface area (Å²) in [6, 6.07) is 1.31. The van der Waals surface area contributed by atoms with Crippen LogP contribution in [0, 0.1) is 27.2 Å². The Kier molecular flexibility index (Phi) is 4.17. The zero-order chi connectivity index (χ0) is 14.9. The average Bonchev–Trinajstić information content (AvgIpc) is 2.33. The van der Waals surface area contributed by atoms with Gasteiger partial charge in [-0.3, -0.25) is 10.1 Å². The van der Waals surface area contributed by atoms with Crippen molar-refractivity contribution in [3.63, 3.8) is 0 Å². The first-order chi connectivity index (χ1) is 9.31. The highest BCUT2D eigenvalue weighted by atomic mass is 32.2. The number of nitro groups is 1. The fourth-order valence-electron chi connectivity index (χ4n) is 2.19. The van der Waals surface area contributed by atoms with E-state index in [1.165, 1.54) is 0 Å². The molecular formula is C13H16F2N2O2S. The van der Waals surface area contributed by atoms with E-state index in [4.69, 9.17) is 0 Å². The van der Waals surface area contributed by atoms with Crippen LogP contribution in [0.15, 0.2) is 12.1 Å². The van der Waals surface area contributed by atoms with Crippen LogP contribution in [0.3, 0.4) is 0 Å². The van der Waals surface area contributed by atoms with Crippen LogP contribution in [-0.4, -0.2) is 22.5 Å². The summed E-state index contributed by atoms with van der Waals surface area (Å²) in [5.41, 5.74) is -0.884. The second kappa shape index (κ2) is 5.55. The third-order valence-electron chi connectivity index (χ3n) is 3.67. The molecule has 7 heteroatoms. The van der Waals surface area contributed by atoms with E-state index in [1.807, 2.05) is 13.8 Å². The molecule has 1 aliphatic rings. The predicted octanol–water partition coefficient (Wildman–Crippen LogP) is 3.82. The van der Waals surface area contributed by atoms with Gasteiger partial charge in [0.2, 0.25) is 0 Å². The molecule has 0 bridgehead atoms. The molecule has 1 atom stereocenters. The standard InChI is InChI=1S/C13H16F2N2O2S/c1-13(2)3-4-20-7-11(13)16-12-9(15)5-8(14)6-10(12)17(18)19/h5-6,11,16H,3-4,7H2,1-2H3. The first-order valence-corrected chi connectivity index (χ1v) is 7.44. The molecule has 0 aliphatic carbocycles. The van der Waals surface area contributed by atoms with Gasteiger partial charge in [-0.15, -0.1) is 0 Å². The molecule has 1 N–H and O–H groups in total. The van der Waals surface area contributed by atoms with Crippen molar-refractivity contribution in [3.8, 4) is 0 Å². The molecule has 0 saturated carbocycles. The minimum Gasteiger partial charge on any atom is -0.373 e.